The zero-order valence-corrected chi connectivity index (χ0v) is 21.6. The van der Waals surface area contributed by atoms with E-state index in [1.807, 2.05) is 0 Å². The number of amides is 3. The molecule has 38 heavy (non-hydrogen) atoms. The molecule has 2 aromatic rings. The van der Waals surface area contributed by atoms with Crippen LogP contribution in [-0.4, -0.2) is 97.8 Å². The molecule has 2 aromatic carbocycles. The highest BCUT2D eigenvalue weighted by atomic mass is 32.2. The van der Waals surface area contributed by atoms with E-state index >= 15 is 0 Å². The number of nitrogens with zero attached hydrogens (tertiary/aromatic N) is 3. The smallest absolute Gasteiger partial charge is 0.326 e. The van der Waals surface area contributed by atoms with Gasteiger partial charge in [-0.25, -0.2) is 13.2 Å². The van der Waals surface area contributed by atoms with Crippen LogP contribution in [-0.2, 0) is 19.6 Å². The van der Waals surface area contributed by atoms with E-state index in [0.717, 1.165) is 0 Å². The summed E-state index contributed by atoms with van der Waals surface area (Å²) in [5, 5.41) is 9.72. The third kappa shape index (κ3) is 4.94. The Kier molecular flexibility index (Phi) is 7.69. The summed E-state index contributed by atoms with van der Waals surface area (Å²) in [4.78, 5) is 52.3. The van der Waals surface area contributed by atoms with Gasteiger partial charge in [0.1, 0.15) is 22.4 Å². The van der Waals surface area contributed by atoms with E-state index in [2.05, 4.69) is 0 Å². The van der Waals surface area contributed by atoms with Crippen LogP contribution in [0.2, 0.25) is 0 Å². The van der Waals surface area contributed by atoms with Crippen LogP contribution in [0.4, 0.5) is 0 Å². The first-order valence-electron chi connectivity index (χ1n) is 11.8. The zero-order valence-electron chi connectivity index (χ0n) is 20.8. The van der Waals surface area contributed by atoms with Crippen molar-refractivity contribution < 1.29 is 42.2 Å². The van der Waals surface area contributed by atoms with Crippen LogP contribution < -0.4 is 9.47 Å². The van der Waals surface area contributed by atoms with E-state index in [9.17, 15) is 32.7 Å². The molecule has 0 unspecified atom stereocenters. The molecule has 1 fully saturated rings. The number of hydrogen-bond donors (Lipinski definition) is 1. The summed E-state index contributed by atoms with van der Waals surface area (Å²) in [6, 6.07) is 9.01. The SMILES string of the molecule is COc1ccc(OC)c(S(=O)(=O)N2CCN(C(=O)CC[C@@H](C(=O)O)N3C(=O)c4ccccc4C3=O)CC2)c1. The fourth-order valence-corrected chi connectivity index (χ4v) is 6.17. The first-order chi connectivity index (χ1) is 18.1. The van der Waals surface area contributed by atoms with E-state index in [1.54, 1.807) is 18.2 Å². The summed E-state index contributed by atoms with van der Waals surface area (Å²) in [5.41, 5.74) is 0.250. The van der Waals surface area contributed by atoms with Gasteiger partial charge in [-0.2, -0.15) is 4.31 Å². The number of fused-ring (bicyclic) bond motifs is 1. The number of benzene rings is 2. The summed E-state index contributed by atoms with van der Waals surface area (Å²) in [7, 11) is -1.15. The second kappa shape index (κ2) is 10.8. The molecule has 1 saturated heterocycles. The Hall–Kier alpha value is -3.97. The summed E-state index contributed by atoms with van der Waals surface area (Å²) in [6.07, 6.45) is -0.500. The van der Waals surface area contributed by atoms with Crippen molar-refractivity contribution in [3.8, 4) is 11.5 Å². The molecular formula is C25H27N3O9S. The van der Waals surface area contributed by atoms with Crippen molar-refractivity contribution in [2.75, 3.05) is 40.4 Å². The molecule has 1 atom stereocenters. The summed E-state index contributed by atoms with van der Waals surface area (Å²) >= 11 is 0. The van der Waals surface area contributed by atoms with Crippen LogP contribution in [0.5, 0.6) is 11.5 Å². The Labute approximate surface area is 219 Å². The Morgan fingerprint density at radius 3 is 2.08 bits per heavy atom. The van der Waals surface area contributed by atoms with Gasteiger partial charge in [-0.15, -0.1) is 0 Å². The maximum absolute atomic E-state index is 13.3. The third-order valence-electron chi connectivity index (χ3n) is 6.63. The molecule has 1 N–H and O–H groups in total. The van der Waals surface area contributed by atoms with Gasteiger partial charge in [-0.3, -0.25) is 19.3 Å². The normalized spacial score (nSPS) is 16.8. The molecule has 202 valence electrons. The Morgan fingerprint density at radius 2 is 1.55 bits per heavy atom. The first kappa shape index (κ1) is 27.1. The third-order valence-corrected chi connectivity index (χ3v) is 8.55. The molecule has 4 rings (SSSR count). The highest BCUT2D eigenvalue weighted by molar-refractivity contribution is 7.89. The highest BCUT2D eigenvalue weighted by Crippen LogP contribution is 2.31. The lowest BCUT2D eigenvalue weighted by atomic mass is 10.1. The van der Waals surface area contributed by atoms with Crippen LogP contribution in [0.3, 0.4) is 0 Å². The molecule has 2 aliphatic heterocycles. The van der Waals surface area contributed by atoms with Crippen LogP contribution in [0.15, 0.2) is 47.4 Å². The van der Waals surface area contributed by atoms with Crippen molar-refractivity contribution in [2.24, 2.45) is 0 Å². The number of methoxy groups -OCH3 is 2. The minimum Gasteiger partial charge on any atom is -0.497 e. The lowest BCUT2D eigenvalue weighted by molar-refractivity contribution is -0.142. The van der Waals surface area contributed by atoms with Gasteiger partial charge in [0.15, 0.2) is 0 Å². The number of piperazine rings is 1. The largest absolute Gasteiger partial charge is 0.497 e. The van der Waals surface area contributed by atoms with E-state index < -0.39 is 39.8 Å². The van der Waals surface area contributed by atoms with Crippen molar-refractivity contribution in [3.05, 3.63) is 53.6 Å². The number of aliphatic carboxylic acids is 1. The lowest BCUT2D eigenvalue weighted by Crippen LogP contribution is -2.51. The predicted molar refractivity (Wildman–Crippen MR) is 132 cm³/mol. The van der Waals surface area contributed by atoms with Gasteiger partial charge in [0.25, 0.3) is 11.8 Å². The van der Waals surface area contributed by atoms with Crippen molar-refractivity contribution >= 4 is 33.7 Å². The van der Waals surface area contributed by atoms with Crippen molar-refractivity contribution in [1.82, 2.24) is 14.1 Å². The Bertz CT molecular complexity index is 1350. The molecule has 0 radical (unpaired) electrons. The van der Waals surface area contributed by atoms with Crippen LogP contribution >= 0.6 is 0 Å². The second-order valence-electron chi connectivity index (χ2n) is 8.72. The fourth-order valence-electron chi connectivity index (χ4n) is 4.57. The molecular weight excluding hydrogens is 518 g/mol. The average Bonchev–Trinajstić information content (AvgIpc) is 3.18. The van der Waals surface area contributed by atoms with E-state index in [4.69, 9.17) is 9.47 Å². The Morgan fingerprint density at radius 1 is 0.947 bits per heavy atom. The van der Waals surface area contributed by atoms with Crippen molar-refractivity contribution in [3.63, 3.8) is 0 Å². The molecule has 0 bridgehead atoms. The van der Waals surface area contributed by atoms with Gasteiger partial charge in [0.2, 0.25) is 15.9 Å². The van der Waals surface area contributed by atoms with Gasteiger partial charge in [-0.1, -0.05) is 12.1 Å². The van der Waals surface area contributed by atoms with E-state index in [0.29, 0.717) is 10.6 Å². The van der Waals surface area contributed by atoms with Crippen LogP contribution in [0.25, 0.3) is 0 Å². The van der Waals surface area contributed by atoms with Crippen molar-refractivity contribution in [1.29, 1.82) is 0 Å². The number of hydrogen-bond acceptors (Lipinski definition) is 8. The minimum atomic E-state index is -3.94. The number of carboxylic acid groups (broad SMARTS) is 1. The highest BCUT2D eigenvalue weighted by Gasteiger charge is 2.43. The quantitative estimate of drug-likeness (QED) is 0.456. The molecule has 13 heteroatoms. The maximum Gasteiger partial charge on any atom is 0.326 e. The maximum atomic E-state index is 13.3. The Balaban J connectivity index is 1.39. The van der Waals surface area contributed by atoms with Gasteiger partial charge >= 0.3 is 5.97 Å². The second-order valence-corrected chi connectivity index (χ2v) is 10.6. The molecule has 0 aliphatic carbocycles. The summed E-state index contributed by atoms with van der Waals surface area (Å²) in [5.74, 6) is -2.70. The monoisotopic (exact) mass is 545 g/mol. The molecule has 0 saturated carbocycles. The number of carbonyl (C=O) groups excluding carboxylic acids is 3. The molecule has 2 heterocycles. The van der Waals surface area contributed by atoms with Gasteiger partial charge in [0, 0.05) is 38.7 Å². The molecule has 0 aromatic heterocycles. The standard InChI is InChI=1S/C25H27N3O9S/c1-36-16-7-9-20(37-2)21(15-16)38(34,35)27-13-11-26(12-14-27)22(29)10-8-19(25(32)33)28-23(30)17-5-3-4-6-18(17)24(28)31/h3-7,9,15,19H,8,10-14H2,1-2H3,(H,32,33)/t19-/m0/s1. The van der Waals surface area contributed by atoms with Gasteiger partial charge < -0.3 is 19.5 Å². The summed E-state index contributed by atoms with van der Waals surface area (Å²) in [6.45, 7) is 0.231. The average molecular weight is 546 g/mol. The molecule has 12 nitrogen and oxygen atoms in total. The topological polar surface area (TPSA) is 151 Å². The van der Waals surface area contributed by atoms with E-state index in [-0.39, 0.29) is 60.8 Å². The van der Waals surface area contributed by atoms with Crippen LogP contribution in [0.1, 0.15) is 33.6 Å². The number of carbonyl (C=O) groups is 4. The van der Waals surface area contributed by atoms with Crippen molar-refractivity contribution in [2.45, 2.75) is 23.8 Å². The predicted octanol–water partition coefficient (Wildman–Crippen LogP) is 1.07. The van der Waals surface area contributed by atoms with Crippen LogP contribution in [0, 0.1) is 0 Å². The lowest BCUT2D eigenvalue weighted by Gasteiger charge is -2.34. The van der Waals surface area contributed by atoms with Gasteiger partial charge in [0.05, 0.1) is 25.3 Å². The first-order valence-corrected chi connectivity index (χ1v) is 13.2. The number of ether oxygens (including phenoxy) is 2. The summed E-state index contributed by atoms with van der Waals surface area (Å²) < 4.78 is 38.1. The molecule has 3 amide bonds. The zero-order chi connectivity index (χ0) is 27.6. The molecule has 0 spiro atoms. The number of sulfonamides is 1. The number of rotatable bonds is 9. The minimum absolute atomic E-state index is 0.0230. The van der Waals surface area contributed by atoms with E-state index in [1.165, 1.54) is 47.7 Å². The van der Waals surface area contributed by atoms with Gasteiger partial charge in [-0.05, 0) is 30.7 Å². The fraction of sp³-hybridized carbons (Fsp3) is 0.360. The number of imide groups is 1. The molecule has 2 aliphatic rings. The number of carboxylic acids is 1.